The minimum Gasteiger partial charge on any atom is -0.389 e. The topological polar surface area (TPSA) is 83.0 Å². The molecule has 0 fully saturated rings. The molecule has 2 unspecified atom stereocenters. The van der Waals surface area contributed by atoms with Gasteiger partial charge >= 0.3 is 0 Å². The highest BCUT2D eigenvalue weighted by molar-refractivity contribution is 4.62. The highest BCUT2D eigenvalue weighted by atomic mass is 16.5. The van der Waals surface area contributed by atoms with E-state index in [4.69, 9.17) is 9.47 Å². The van der Waals surface area contributed by atoms with E-state index in [2.05, 4.69) is 38.3 Å². The smallest absolute Gasteiger partial charge is 0.0897 e. The summed E-state index contributed by atoms with van der Waals surface area (Å²) in [5, 5.41) is 25.7. The van der Waals surface area contributed by atoms with Crippen LogP contribution in [0.3, 0.4) is 0 Å². The molecule has 0 aliphatic carbocycles. The average Bonchev–Trinajstić information content (AvgIpc) is 2.41. The number of aliphatic hydroxyl groups excluding tert-OH is 2. The van der Waals surface area contributed by atoms with Crippen molar-refractivity contribution in [1.29, 1.82) is 0 Å². The van der Waals surface area contributed by atoms with Crippen molar-refractivity contribution in [3.63, 3.8) is 0 Å². The predicted molar refractivity (Wildman–Crippen MR) is 89.1 cm³/mol. The molecule has 0 aromatic heterocycles. The molecule has 6 nitrogen and oxygen atoms in total. The Morgan fingerprint density at radius 1 is 0.682 bits per heavy atom. The summed E-state index contributed by atoms with van der Waals surface area (Å²) in [7, 11) is 0. The maximum Gasteiger partial charge on any atom is 0.0897 e. The Morgan fingerprint density at radius 3 is 1.36 bits per heavy atom. The summed E-state index contributed by atoms with van der Waals surface area (Å²) in [5.74, 6) is 0.973. The molecule has 0 rings (SSSR count). The van der Waals surface area contributed by atoms with Crippen molar-refractivity contribution in [1.82, 2.24) is 10.6 Å². The van der Waals surface area contributed by atoms with Crippen LogP contribution in [0.15, 0.2) is 0 Å². The Morgan fingerprint density at radius 2 is 1.05 bits per heavy atom. The minimum absolute atomic E-state index is 0.366. The number of hydrogen-bond acceptors (Lipinski definition) is 6. The Labute approximate surface area is 135 Å². The van der Waals surface area contributed by atoms with E-state index in [0.29, 0.717) is 51.4 Å². The van der Waals surface area contributed by atoms with Crippen molar-refractivity contribution >= 4 is 0 Å². The molecular weight excluding hydrogens is 284 g/mol. The van der Waals surface area contributed by atoms with Crippen LogP contribution in [-0.2, 0) is 9.47 Å². The largest absolute Gasteiger partial charge is 0.389 e. The van der Waals surface area contributed by atoms with Crippen LogP contribution in [0.5, 0.6) is 0 Å². The second-order valence-electron chi connectivity index (χ2n) is 6.58. The average molecular weight is 320 g/mol. The first-order chi connectivity index (χ1) is 10.4. The van der Waals surface area contributed by atoms with Crippen molar-refractivity contribution in [3.05, 3.63) is 0 Å². The standard InChI is InChI=1S/C16H36N2O4/c1-13(2)9-21-11-15(19)7-17-5-6-18-8-16(20)12-22-10-14(3)4/h13-20H,5-12H2,1-4H3. The number of nitrogens with one attached hydrogen (secondary N) is 2. The first kappa shape index (κ1) is 21.8. The molecule has 6 heteroatoms. The van der Waals surface area contributed by atoms with Crippen LogP contribution in [0.1, 0.15) is 27.7 Å². The van der Waals surface area contributed by atoms with E-state index in [1.807, 2.05) is 0 Å². The van der Waals surface area contributed by atoms with Gasteiger partial charge < -0.3 is 30.3 Å². The van der Waals surface area contributed by atoms with Gasteiger partial charge in [-0.1, -0.05) is 27.7 Å². The van der Waals surface area contributed by atoms with Crippen LogP contribution in [0.25, 0.3) is 0 Å². The van der Waals surface area contributed by atoms with Gasteiger partial charge in [0, 0.05) is 39.4 Å². The SMILES string of the molecule is CC(C)COCC(O)CNCCNCC(O)COCC(C)C. The molecule has 0 saturated carbocycles. The second kappa shape index (κ2) is 14.4. The van der Waals surface area contributed by atoms with Gasteiger partial charge in [0.15, 0.2) is 0 Å². The Balaban J connectivity index is 3.31. The molecule has 0 saturated heterocycles. The van der Waals surface area contributed by atoms with Gasteiger partial charge in [-0.2, -0.15) is 0 Å². The molecule has 0 radical (unpaired) electrons. The van der Waals surface area contributed by atoms with Crippen LogP contribution in [0, 0.1) is 11.8 Å². The van der Waals surface area contributed by atoms with Crippen molar-refractivity contribution in [2.75, 3.05) is 52.6 Å². The van der Waals surface area contributed by atoms with Crippen LogP contribution in [-0.4, -0.2) is 75.0 Å². The van der Waals surface area contributed by atoms with Gasteiger partial charge in [-0.25, -0.2) is 0 Å². The maximum atomic E-state index is 9.68. The van der Waals surface area contributed by atoms with Gasteiger partial charge in [0.05, 0.1) is 25.4 Å². The van der Waals surface area contributed by atoms with E-state index < -0.39 is 12.2 Å². The summed E-state index contributed by atoms with van der Waals surface area (Å²) in [6, 6.07) is 0. The van der Waals surface area contributed by atoms with Crippen molar-refractivity contribution in [3.8, 4) is 0 Å². The molecule has 4 N–H and O–H groups in total. The molecule has 0 aliphatic heterocycles. The molecule has 0 aliphatic rings. The third-order valence-corrected chi connectivity index (χ3v) is 2.76. The van der Waals surface area contributed by atoms with Gasteiger partial charge in [-0.05, 0) is 11.8 Å². The zero-order valence-corrected chi connectivity index (χ0v) is 14.7. The van der Waals surface area contributed by atoms with E-state index >= 15 is 0 Å². The second-order valence-corrected chi connectivity index (χ2v) is 6.58. The summed E-state index contributed by atoms with van der Waals surface area (Å²) in [6.07, 6.45) is -0.956. The molecule has 2 atom stereocenters. The molecule has 0 amide bonds. The maximum absolute atomic E-state index is 9.68. The molecular formula is C16H36N2O4. The Hall–Kier alpha value is -0.240. The highest BCUT2D eigenvalue weighted by Gasteiger charge is 2.06. The molecule has 0 aromatic rings. The van der Waals surface area contributed by atoms with Crippen LogP contribution in [0.2, 0.25) is 0 Å². The van der Waals surface area contributed by atoms with E-state index in [0.717, 1.165) is 13.1 Å². The number of aliphatic hydroxyl groups is 2. The molecule has 0 aromatic carbocycles. The molecule has 0 spiro atoms. The molecule has 0 bridgehead atoms. The van der Waals surface area contributed by atoms with E-state index in [-0.39, 0.29) is 0 Å². The fraction of sp³-hybridized carbons (Fsp3) is 1.00. The third kappa shape index (κ3) is 16.1. The summed E-state index contributed by atoms with van der Waals surface area (Å²) < 4.78 is 10.7. The number of hydrogen-bond donors (Lipinski definition) is 4. The van der Waals surface area contributed by atoms with Gasteiger partial charge in [-0.15, -0.1) is 0 Å². The fourth-order valence-electron chi connectivity index (χ4n) is 1.71. The summed E-state index contributed by atoms with van der Waals surface area (Å²) >= 11 is 0. The van der Waals surface area contributed by atoms with Crippen molar-refractivity contribution in [2.24, 2.45) is 11.8 Å². The summed E-state index contributed by atoms with van der Waals surface area (Å²) in [4.78, 5) is 0. The lowest BCUT2D eigenvalue weighted by Gasteiger charge is -2.15. The van der Waals surface area contributed by atoms with Gasteiger partial charge in [0.25, 0.3) is 0 Å². The minimum atomic E-state index is -0.478. The monoisotopic (exact) mass is 320 g/mol. The lowest BCUT2D eigenvalue weighted by atomic mass is 10.2. The summed E-state index contributed by atoms with van der Waals surface area (Å²) in [5.41, 5.74) is 0. The third-order valence-electron chi connectivity index (χ3n) is 2.76. The Kier molecular flexibility index (Phi) is 14.2. The van der Waals surface area contributed by atoms with E-state index in [9.17, 15) is 10.2 Å². The predicted octanol–water partition coefficient (Wildman–Crippen LogP) is 0.233. The number of rotatable bonds is 15. The van der Waals surface area contributed by atoms with Crippen molar-refractivity contribution < 1.29 is 19.7 Å². The zero-order chi connectivity index (χ0) is 16.8. The lowest BCUT2D eigenvalue weighted by molar-refractivity contribution is 0.0248. The van der Waals surface area contributed by atoms with E-state index in [1.165, 1.54) is 0 Å². The highest BCUT2D eigenvalue weighted by Crippen LogP contribution is 1.94. The lowest BCUT2D eigenvalue weighted by Crippen LogP contribution is -2.38. The van der Waals surface area contributed by atoms with Gasteiger partial charge in [0.2, 0.25) is 0 Å². The van der Waals surface area contributed by atoms with Crippen molar-refractivity contribution in [2.45, 2.75) is 39.9 Å². The molecule has 134 valence electrons. The normalized spacial score (nSPS) is 14.7. The molecule has 22 heavy (non-hydrogen) atoms. The first-order valence-corrected chi connectivity index (χ1v) is 8.34. The first-order valence-electron chi connectivity index (χ1n) is 8.34. The van der Waals surface area contributed by atoms with E-state index in [1.54, 1.807) is 0 Å². The fourth-order valence-corrected chi connectivity index (χ4v) is 1.71. The van der Waals surface area contributed by atoms with Gasteiger partial charge in [0.1, 0.15) is 0 Å². The number of ether oxygens (including phenoxy) is 2. The molecule has 0 heterocycles. The Bertz CT molecular complexity index is 216. The van der Waals surface area contributed by atoms with Crippen LogP contribution >= 0.6 is 0 Å². The zero-order valence-electron chi connectivity index (χ0n) is 14.7. The van der Waals surface area contributed by atoms with Crippen LogP contribution in [0.4, 0.5) is 0 Å². The van der Waals surface area contributed by atoms with Crippen LogP contribution < -0.4 is 10.6 Å². The van der Waals surface area contributed by atoms with Gasteiger partial charge in [-0.3, -0.25) is 0 Å². The summed E-state index contributed by atoms with van der Waals surface area (Å²) in [6.45, 7) is 12.9. The quantitative estimate of drug-likeness (QED) is 0.323.